The van der Waals surface area contributed by atoms with Crippen LogP contribution in [0.2, 0.25) is 0 Å². The van der Waals surface area contributed by atoms with Crippen LogP contribution in [0.5, 0.6) is 0 Å². The quantitative estimate of drug-likeness (QED) is 0.255. The van der Waals surface area contributed by atoms with Gasteiger partial charge in [-0.25, -0.2) is 9.78 Å². The van der Waals surface area contributed by atoms with Gasteiger partial charge in [-0.2, -0.15) is 0 Å². The number of carboxylic acid groups (broad SMARTS) is 1. The summed E-state index contributed by atoms with van der Waals surface area (Å²) in [6.45, 7) is 1.62. The molecule has 5 rings (SSSR count). The van der Waals surface area contributed by atoms with E-state index in [0.29, 0.717) is 22.9 Å². The van der Waals surface area contributed by atoms with Crippen LogP contribution < -0.4 is 10.6 Å². The summed E-state index contributed by atoms with van der Waals surface area (Å²) in [6.07, 6.45) is 11.6. The van der Waals surface area contributed by atoms with Crippen molar-refractivity contribution in [1.82, 2.24) is 14.9 Å². The van der Waals surface area contributed by atoms with Gasteiger partial charge in [-0.1, -0.05) is 31.4 Å². The molecule has 1 saturated carbocycles. The predicted octanol–water partition coefficient (Wildman–Crippen LogP) is 5.66. The van der Waals surface area contributed by atoms with Crippen LogP contribution in [0.15, 0.2) is 71.6 Å². The molecule has 39 heavy (non-hydrogen) atoms. The van der Waals surface area contributed by atoms with Crippen LogP contribution >= 0.6 is 0 Å². The Bertz CT molecular complexity index is 1510. The molecule has 1 fully saturated rings. The van der Waals surface area contributed by atoms with Crippen molar-refractivity contribution in [3.63, 3.8) is 0 Å². The Balaban J connectivity index is 1.30. The van der Waals surface area contributed by atoms with Crippen molar-refractivity contribution in [1.29, 1.82) is 0 Å². The minimum absolute atomic E-state index is 0.347. The Morgan fingerprint density at radius 3 is 2.54 bits per heavy atom. The molecular weight excluding hydrogens is 496 g/mol. The number of aromatic nitrogens is 2. The molecule has 1 atom stereocenters. The maximum Gasteiger partial charge on any atom is 0.328 e. The van der Waals surface area contributed by atoms with Crippen molar-refractivity contribution in [2.75, 3.05) is 5.32 Å². The molecule has 2 amide bonds. The lowest BCUT2D eigenvalue weighted by atomic mass is 9.95. The van der Waals surface area contributed by atoms with Gasteiger partial charge < -0.3 is 24.7 Å². The molecule has 4 aromatic rings. The summed E-state index contributed by atoms with van der Waals surface area (Å²) in [5.41, 5.74) is 4.24. The number of hydrogen-bond donors (Lipinski definition) is 3. The number of rotatable bonds is 8. The average molecular weight is 527 g/mol. The minimum atomic E-state index is -1.04. The number of hydrogen-bond acceptors (Lipinski definition) is 5. The number of anilines is 1. The van der Waals surface area contributed by atoms with Gasteiger partial charge in [-0.05, 0) is 67.8 Å². The molecule has 0 unspecified atom stereocenters. The maximum absolute atomic E-state index is 13.1. The topological polar surface area (TPSA) is 126 Å². The van der Waals surface area contributed by atoms with E-state index in [1.807, 2.05) is 12.1 Å². The number of nitrogens with zero attached hydrogens (tertiary/aromatic N) is 2. The summed E-state index contributed by atoms with van der Waals surface area (Å²) in [4.78, 5) is 41.3. The van der Waals surface area contributed by atoms with Crippen LogP contribution in [0.1, 0.15) is 61.0 Å². The SMILES string of the molecule is C[C@H](NC(=O)c1ccc2c(c1)nc(-c1ccoc1)n2C1CCCCC1)C(=O)Nc1ccc(/C=C/C(=O)O)cc1. The van der Waals surface area contributed by atoms with Crippen LogP contribution in [0.25, 0.3) is 28.5 Å². The fraction of sp³-hybridized carbons (Fsp3) is 0.267. The van der Waals surface area contributed by atoms with E-state index in [9.17, 15) is 14.4 Å². The van der Waals surface area contributed by atoms with Crippen LogP contribution in [0, 0.1) is 0 Å². The average Bonchev–Trinajstić information content (AvgIpc) is 3.61. The Hall–Kier alpha value is -4.66. The molecule has 2 aromatic heterocycles. The van der Waals surface area contributed by atoms with Crippen molar-refractivity contribution < 1.29 is 23.9 Å². The number of fused-ring (bicyclic) bond motifs is 1. The number of nitrogens with one attached hydrogen (secondary N) is 2. The summed E-state index contributed by atoms with van der Waals surface area (Å²) in [5.74, 6) is -0.944. The standard InChI is InChI=1S/C30H30N4O5/c1-19(29(37)32-23-11-7-20(8-12-23)9-14-27(35)36)31-30(38)21-10-13-26-25(17-21)33-28(22-15-16-39-18-22)34(26)24-5-3-2-4-6-24/h7-19,24H,2-6H2,1H3,(H,31,38)(H,32,37)(H,35,36)/b14-9+/t19-/m0/s1. The zero-order chi connectivity index (χ0) is 27.4. The van der Waals surface area contributed by atoms with Gasteiger partial charge in [0.25, 0.3) is 5.91 Å². The monoisotopic (exact) mass is 526 g/mol. The highest BCUT2D eigenvalue weighted by Crippen LogP contribution is 2.36. The van der Waals surface area contributed by atoms with Gasteiger partial charge in [0.05, 0.1) is 22.9 Å². The molecule has 0 spiro atoms. The molecule has 0 bridgehead atoms. The third-order valence-electron chi connectivity index (χ3n) is 7.01. The first-order valence-electron chi connectivity index (χ1n) is 13.1. The summed E-state index contributed by atoms with van der Waals surface area (Å²) < 4.78 is 7.60. The normalized spacial score (nSPS) is 14.9. The summed E-state index contributed by atoms with van der Waals surface area (Å²) in [5, 5.41) is 14.3. The molecule has 0 aliphatic heterocycles. The zero-order valence-corrected chi connectivity index (χ0v) is 21.6. The van der Waals surface area contributed by atoms with Gasteiger partial charge in [0, 0.05) is 23.4 Å². The second-order valence-electron chi connectivity index (χ2n) is 9.79. The number of imidazole rings is 1. The number of carbonyl (C=O) groups excluding carboxylic acids is 2. The number of aliphatic carboxylic acids is 1. The van der Waals surface area contributed by atoms with Crippen LogP contribution in [0.3, 0.4) is 0 Å². The summed E-state index contributed by atoms with van der Waals surface area (Å²) >= 11 is 0. The molecular formula is C30H30N4O5. The Labute approximate surface area is 225 Å². The van der Waals surface area contributed by atoms with Gasteiger partial charge in [0.1, 0.15) is 18.1 Å². The molecule has 2 heterocycles. The van der Waals surface area contributed by atoms with Crippen molar-refractivity contribution >= 4 is 40.6 Å². The van der Waals surface area contributed by atoms with E-state index in [4.69, 9.17) is 14.5 Å². The molecule has 3 N–H and O–H groups in total. The fourth-order valence-corrected chi connectivity index (χ4v) is 4.99. The van der Waals surface area contributed by atoms with E-state index < -0.39 is 12.0 Å². The molecule has 200 valence electrons. The van der Waals surface area contributed by atoms with Crippen LogP contribution in [0.4, 0.5) is 5.69 Å². The van der Waals surface area contributed by atoms with E-state index in [1.54, 1.807) is 55.8 Å². The Kier molecular flexibility index (Phi) is 7.58. The second-order valence-corrected chi connectivity index (χ2v) is 9.79. The molecule has 1 aliphatic carbocycles. The predicted molar refractivity (Wildman–Crippen MR) is 148 cm³/mol. The summed E-state index contributed by atoms with van der Waals surface area (Å²) in [7, 11) is 0. The fourth-order valence-electron chi connectivity index (χ4n) is 4.99. The van der Waals surface area contributed by atoms with Crippen molar-refractivity contribution in [2.45, 2.75) is 51.1 Å². The number of benzene rings is 2. The second kappa shape index (κ2) is 11.4. The first-order chi connectivity index (χ1) is 18.9. The number of carboxylic acids is 1. The molecule has 0 radical (unpaired) electrons. The maximum atomic E-state index is 13.1. The molecule has 9 nitrogen and oxygen atoms in total. The highest BCUT2D eigenvalue weighted by Gasteiger charge is 2.24. The largest absolute Gasteiger partial charge is 0.478 e. The van der Waals surface area contributed by atoms with E-state index in [0.717, 1.165) is 41.3 Å². The lowest BCUT2D eigenvalue weighted by Crippen LogP contribution is -2.41. The van der Waals surface area contributed by atoms with E-state index in [-0.39, 0.29) is 11.8 Å². The Morgan fingerprint density at radius 2 is 1.85 bits per heavy atom. The Morgan fingerprint density at radius 1 is 1.08 bits per heavy atom. The highest BCUT2D eigenvalue weighted by atomic mass is 16.4. The third-order valence-corrected chi connectivity index (χ3v) is 7.01. The zero-order valence-electron chi connectivity index (χ0n) is 21.6. The van der Waals surface area contributed by atoms with Gasteiger partial charge in [-0.3, -0.25) is 9.59 Å². The van der Waals surface area contributed by atoms with Gasteiger partial charge in [-0.15, -0.1) is 0 Å². The van der Waals surface area contributed by atoms with Crippen LogP contribution in [-0.4, -0.2) is 38.5 Å². The lowest BCUT2D eigenvalue weighted by Gasteiger charge is -2.25. The third kappa shape index (κ3) is 5.93. The smallest absolute Gasteiger partial charge is 0.328 e. The van der Waals surface area contributed by atoms with Crippen molar-refractivity contribution in [3.8, 4) is 11.4 Å². The van der Waals surface area contributed by atoms with Gasteiger partial charge in [0.2, 0.25) is 5.91 Å². The lowest BCUT2D eigenvalue weighted by molar-refractivity contribution is -0.131. The van der Waals surface area contributed by atoms with Crippen LogP contribution in [-0.2, 0) is 9.59 Å². The van der Waals surface area contributed by atoms with Gasteiger partial charge in [0.15, 0.2) is 0 Å². The van der Waals surface area contributed by atoms with Crippen molar-refractivity contribution in [3.05, 3.63) is 78.3 Å². The molecule has 2 aromatic carbocycles. The highest BCUT2D eigenvalue weighted by molar-refractivity contribution is 6.02. The first-order valence-corrected chi connectivity index (χ1v) is 13.1. The van der Waals surface area contributed by atoms with E-state index in [1.165, 1.54) is 25.3 Å². The van der Waals surface area contributed by atoms with E-state index >= 15 is 0 Å². The minimum Gasteiger partial charge on any atom is -0.478 e. The van der Waals surface area contributed by atoms with E-state index in [2.05, 4.69) is 15.2 Å². The van der Waals surface area contributed by atoms with Gasteiger partial charge >= 0.3 is 5.97 Å². The molecule has 1 aliphatic rings. The number of amides is 2. The number of furan rings is 1. The van der Waals surface area contributed by atoms with Crippen molar-refractivity contribution in [2.24, 2.45) is 0 Å². The summed E-state index contributed by atoms with van der Waals surface area (Å²) in [6, 6.07) is 13.6. The molecule has 9 heteroatoms. The number of carbonyl (C=O) groups is 3. The first kappa shape index (κ1) is 26.0. The molecule has 0 saturated heterocycles.